The maximum atomic E-state index is 12.5. The Bertz CT molecular complexity index is 1210. The zero-order valence-electron chi connectivity index (χ0n) is 15.8. The second-order valence-electron chi connectivity index (χ2n) is 6.58. The molecular weight excluding hydrogens is 483 g/mol. The first-order valence-electron chi connectivity index (χ1n) is 9.06. The highest BCUT2D eigenvalue weighted by Gasteiger charge is 2.22. The van der Waals surface area contributed by atoms with Crippen molar-refractivity contribution in [2.75, 3.05) is 17.9 Å². The highest BCUT2D eigenvalue weighted by Crippen LogP contribution is 2.35. The van der Waals surface area contributed by atoms with E-state index in [1.807, 2.05) is 18.2 Å². The smallest absolute Gasteiger partial charge is 0.264 e. The lowest BCUT2D eigenvalue weighted by molar-refractivity contribution is 0.0789. The molecule has 3 aromatic rings. The number of carbonyl (C=O) groups excluding carboxylic acids is 1. The van der Waals surface area contributed by atoms with Crippen LogP contribution >= 0.6 is 34.5 Å². The van der Waals surface area contributed by atoms with Gasteiger partial charge in [0.1, 0.15) is 21.9 Å². The van der Waals surface area contributed by atoms with Crippen molar-refractivity contribution < 1.29 is 22.7 Å². The van der Waals surface area contributed by atoms with Gasteiger partial charge in [0.15, 0.2) is 11.5 Å². The molecule has 11 heteroatoms. The van der Waals surface area contributed by atoms with Gasteiger partial charge in [-0.2, -0.15) is 0 Å². The highest BCUT2D eigenvalue weighted by molar-refractivity contribution is 7.93. The first-order valence-corrected chi connectivity index (χ1v) is 12.1. The van der Waals surface area contributed by atoms with Gasteiger partial charge in [-0.15, -0.1) is 11.3 Å². The number of anilines is 1. The molecule has 1 aliphatic heterocycles. The van der Waals surface area contributed by atoms with Crippen LogP contribution in [0.4, 0.5) is 5.69 Å². The summed E-state index contributed by atoms with van der Waals surface area (Å²) >= 11 is 12.7. The van der Waals surface area contributed by atoms with Crippen LogP contribution in [0, 0.1) is 0 Å². The predicted molar refractivity (Wildman–Crippen MR) is 120 cm³/mol. The van der Waals surface area contributed by atoms with Crippen molar-refractivity contribution in [3.05, 3.63) is 68.8 Å². The van der Waals surface area contributed by atoms with Crippen LogP contribution in [0.1, 0.15) is 10.4 Å². The van der Waals surface area contributed by atoms with Gasteiger partial charge in [-0.3, -0.25) is 9.52 Å². The van der Waals surface area contributed by atoms with Gasteiger partial charge in [0.25, 0.3) is 15.9 Å². The van der Waals surface area contributed by atoms with E-state index in [1.165, 1.54) is 30.3 Å². The summed E-state index contributed by atoms with van der Waals surface area (Å²) in [5.41, 5.74) is 0.659. The molecule has 0 saturated heterocycles. The van der Waals surface area contributed by atoms with Crippen LogP contribution in [0.2, 0.25) is 8.67 Å². The SMILES string of the molecule is O=C(NC[C@H]1COc2ccccc2O1)c1ccc(NS(=O)(=O)c2cc(Cl)sc2Cl)cc1. The summed E-state index contributed by atoms with van der Waals surface area (Å²) in [6.45, 7) is 0.589. The first kappa shape index (κ1) is 21.8. The Kier molecular flexibility index (Phi) is 6.29. The monoisotopic (exact) mass is 498 g/mol. The predicted octanol–water partition coefficient (Wildman–Crippen LogP) is 4.43. The third kappa shape index (κ3) is 5.07. The van der Waals surface area contributed by atoms with E-state index in [0.29, 0.717) is 23.7 Å². The number of thiophene rings is 1. The minimum absolute atomic E-state index is 0.0741. The zero-order chi connectivity index (χ0) is 22.0. The fourth-order valence-electron chi connectivity index (χ4n) is 2.88. The van der Waals surface area contributed by atoms with Gasteiger partial charge in [0, 0.05) is 11.3 Å². The molecule has 0 saturated carbocycles. The van der Waals surface area contributed by atoms with Gasteiger partial charge in [-0.05, 0) is 42.5 Å². The molecular formula is C20H16Cl2N2O5S2. The second kappa shape index (κ2) is 8.96. The molecule has 0 spiro atoms. The van der Waals surface area contributed by atoms with Gasteiger partial charge >= 0.3 is 0 Å². The number of sulfonamides is 1. The van der Waals surface area contributed by atoms with Crippen molar-refractivity contribution in [1.82, 2.24) is 5.32 Å². The summed E-state index contributed by atoms with van der Waals surface area (Å²) in [5.74, 6) is 0.996. The van der Waals surface area contributed by atoms with Crippen LogP contribution in [-0.2, 0) is 10.0 Å². The van der Waals surface area contributed by atoms with Crippen molar-refractivity contribution in [2.24, 2.45) is 0 Å². The number of halogens is 2. The summed E-state index contributed by atoms with van der Waals surface area (Å²) in [7, 11) is -3.89. The molecule has 31 heavy (non-hydrogen) atoms. The molecule has 162 valence electrons. The van der Waals surface area contributed by atoms with E-state index in [9.17, 15) is 13.2 Å². The number of nitrogens with one attached hydrogen (secondary N) is 2. The van der Waals surface area contributed by atoms with Gasteiger partial charge in [-0.1, -0.05) is 35.3 Å². The number of benzene rings is 2. The van der Waals surface area contributed by atoms with E-state index >= 15 is 0 Å². The lowest BCUT2D eigenvalue weighted by atomic mass is 10.2. The molecule has 2 N–H and O–H groups in total. The maximum Gasteiger partial charge on any atom is 0.264 e. The first-order chi connectivity index (χ1) is 14.8. The average molecular weight is 499 g/mol. The molecule has 7 nitrogen and oxygen atoms in total. The number of ether oxygens (including phenoxy) is 2. The molecule has 0 bridgehead atoms. The molecule has 0 radical (unpaired) electrons. The van der Waals surface area contributed by atoms with Crippen molar-refractivity contribution in [1.29, 1.82) is 0 Å². The quantitative estimate of drug-likeness (QED) is 0.524. The minimum Gasteiger partial charge on any atom is -0.486 e. The maximum absolute atomic E-state index is 12.5. The summed E-state index contributed by atoms with van der Waals surface area (Å²) in [4.78, 5) is 12.3. The van der Waals surface area contributed by atoms with Crippen molar-refractivity contribution in [3.8, 4) is 11.5 Å². The zero-order valence-corrected chi connectivity index (χ0v) is 18.9. The van der Waals surface area contributed by atoms with Crippen LogP contribution < -0.4 is 19.5 Å². The fraction of sp³-hybridized carbons (Fsp3) is 0.150. The summed E-state index contributed by atoms with van der Waals surface area (Å²) in [6.07, 6.45) is -0.313. The Morgan fingerprint density at radius 2 is 1.81 bits per heavy atom. The molecule has 1 amide bonds. The Labute approximate surface area is 192 Å². The molecule has 1 aliphatic rings. The summed E-state index contributed by atoms with van der Waals surface area (Å²) < 4.78 is 39.1. The number of amides is 1. The van der Waals surface area contributed by atoms with E-state index in [1.54, 1.807) is 6.07 Å². The Balaban J connectivity index is 1.35. The van der Waals surface area contributed by atoms with Gasteiger partial charge in [-0.25, -0.2) is 8.42 Å². The van der Waals surface area contributed by atoms with E-state index in [4.69, 9.17) is 32.7 Å². The van der Waals surface area contributed by atoms with Crippen LogP contribution in [0.3, 0.4) is 0 Å². The van der Waals surface area contributed by atoms with Crippen molar-refractivity contribution >= 4 is 56.2 Å². The number of carbonyl (C=O) groups is 1. The Morgan fingerprint density at radius 3 is 2.48 bits per heavy atom. The van der Waals surface area contributed by atoms with Crippen LogP contribution in [0.5, 0.6) is 11.5 Å². The van der Waals surface area contributed by atoms with Crippen LogP contribution in [0.15, 0.2) is 59.5 Å². The van der Waals surface area contributed by atoms with E-state index < -0.39 is 10.0 Å². The lowest BCUT2D eigenvalue weighted by Gasteiger charge is -2.26. The molecule has 0 aliphatic carbocycles. The van der Waals surface area contributed by atoms with E-state index in [2.05, 4.69) is 10.0 Å². The number of hydrogen-bond acceptors (Lipinski definition) is 6. The molecule has 0 unspecified atom stereocenters. The third-order valence-electron chi connectivity index (χ3n) is 4.37. The molecule has 1 aromatic heterocycles. The molecule has 0 fully saturated rings. The number of para-hydroxylation sites is 2. The van der Waals surface area contributed by atoms with E-state index in [0.717, 1.165) is 11.3 Å². The second-order valence-corrected chi connectivity index (χ2v) is 10.5. The summed E-state index contributed by atoms with van der Waals surface area (Å²) in [6, 6.07) is 14.6. The third-order valence-corrected chi connectivity index (χ3v) is 7.51. The molecule has 2 heterocycles. The average Bonchev–Trinajstić information content (AvgIpc) is 3.11. The number of hydrogen-bond donors (Lipinski definition) is 2. The largest absolute Gasteiger partial charge is 0.486 e. The normalized spacial score (nSPS) is 15.4. The molecule has 2 aromatic carbocycles. The Hall–Kier alpha value is -2.46. The lowest BCUT2D eigenvalue weighted by Crippen LogP contribution is -2.40. The van der Waals surface area contributed by atoms with Crippen LogP contribution in [-0.4, -0.2) is 33.6 Å². The van der Waals surface area contributed by atoms with E-state index in [-0.39, 0.29) is 37.8 Å². The fourth-order valence-corrected chi connectivity index (χ4v) is 6.09. The topological polar surface area (TPSA) is 93.7 Å². The number of rotatable bonds is 6. The molecule has 1 atom stereocenters. The Morgan fingerprint density at radius 1 is 1.10 bits per heavy atom. The van der Waals surface area contributed by atoms with Crippen molar-refractivity contribution in [3.63, 3.8) is 0 Å². The van der Waals surface area contributed by atoms with Gasteiger partial charge < -0.3 is 14.8 Å². The van der Waals surface area contributed by atoms with Gasteiger partial charge in [0.05, 0.1) is 10.9 Å². The minimum atomic E-state index is -3.89. The molecule has 4 rings (SSSR count). The summed E-state index contributed by atoms with van der Waals surface area (Å²) in [5, 5.41) is 2.79. The highest BCUT2D eigenvalue weighted by atomic mass is 35.5. The van der Waals surface area contributed by atoms with Crippen molar-refractivity contribution in [2.45, 2.75) is 11.0 Å². The van der Waals surface area contributed by atoms with Crippen LogP contribution in [0.25, 0.3) is 0 Å². The standard InChI is InChI=1S/C20H16Cl2N2O5S2/c21-18-9-17(19(22)30-18)31(26,27)24-13-7-5-12(6-8-13)20(25)23-10-14-11-28-15-3-1-2-4-16(15)29-14/h1-9,14,24H,10-11H2,(H,23,25)/t14-/m0/s1. The van der Waals surface area contributed by atoms with Gasteiger partial charge in [0.2, 0.25) is 0 Å². The number of fused-ring (bicyclic) bond motifs is 1.